The van der Waals surface area contributed by atoms with Crippen LogP contribution >= 0.6 is 27.9 Å². The van der Waals surface area contributed by atoms with Gasteiger partial charge in [-0.05, 0) is 102 Å². The molecule has 19 heteroatoms. The van der Waals surface area contributed by atoms with E-state index in [1.165, 1.54) is 34.3 Å². The van der Waals surface area contributed by atoms with Crippen molar-refractivity contribution < 1.29 is 14.3 Å². The molecule has 2 unspecified atom stereocenters. The lowest BCUT2D eigenvalue weighted by Gasteiger charge is -2.44. The number of ether oxygens (including phenoxy) is 1. The summed E-state index contributed by atoms with van der Waals surface area (Å²) < 4.78 is 13.5. The number of methoxy groups -OCH3 is 1. The molecule has 3 aromatic carbocycles. The zero-order valence-corrected chi connectivity index (χ0v) is 40.7. The van der Waals surface area contributed by atoms with Crippen LogP contribution in [-0.2, 0) is 35.4 Å². The Morgan fingerprint density at radius 3 is 2.39 bits per heavy atom. The lowest BCUT2D eigenvalue weighted by Crippen LogP contribution is -2.55. The molecule has 1 aliphatic carbocycles. The normalized spacial score (nSPS) is 19.5. The van der Waals surface area contributed by atoms with Crippen LogP contribution in [0.3, 0.4) is 0 Å². The maximum atomic E-state index is 13.8. The van der Waals surface area contributed by atoms with Crippen LogP contribution in [0.15, 0.2) is 64.3 Å². The molecular weight excluding hydrogens is 935 g/mol. The summed E-state index contributed by atoms with van der Waals surface area (Å²) in [5.74, 6) is 1.08. The van der Waals surface area contributed by atoms with Crippen LogP contribution in [0.2, 0.25) is 0 Å². The second kappa shape index (κ2) is 19.1. The Kier molecular flexibility index (Phi) is 12.8. The van der Waals surface area contributed by atoms with Crippen LogP contribution in [0, 0.1) is 0 Å². The van der Waals surface area contributed by atoms with Gasteiger partial charge in [0.1, 0.15) is 23.1 Å². The molecule has 3 aliphatic heterocycles. The molecule has 4 N–H and O–H groups in total. The number of benzene rings is 3. The van der Waals surface area contributed by atoms with Crippen LogP contribution in [0.25, 0.3) is 22.1 Å². The van der Waals surface area contributed by atoms with Gasteiger partial charge in [0.25, 0.3) is 0 Å². The van der Waals surface area contributed by atoms with Gasteiger partial charge in [-0.3, -0.25) is 43.8 Å². The number of nitrogens with zero attached hydrogens (tertiary/aromatic N) is 9. The van der Waals surface area contributed by atoms with E-state index in [9.17, 15) is 14.4 Å². The number of piperidine rings is 2. The molecule has 0 saturated carbocycles. The van der Waals surface area contributed by atoms with Crippen molar-refractivity contribution in [3.05, 3.63) is 86.6 Å². The molecule has 2 atom stereocenters. The van der Waals surface area contributed by atoms with Crippen LogP contribution in [0.1, 0.15) is 62.3 Å². The highest BCUT2D eigenvalue weighted by molar-refractivity contribution is 9.10. The van der Waals surface area contributed by atoms with Gasteiger partial charge in [0, 0.05) is 101 Å². The number of carbonyl (C=O) groups excluding carboxylic acids is 2. The average molecular weight is 991 g/mol. The molecular formula is C48H56BrN13O4S. The fraction of sp³-hybridized carbons (Fsp3) is 0.438. The third-order valence-electron chi connectivity index (χ3n) is 14.1. The van der Waals surface area contributed by atoms with Crippen molar-refractivity contribution in [3.63, 3.8) is 0 Å². The highest BCUT2D eigenvalue weighted by Crippen LogP contribution is 2.39. The minimum atomic E-state index is -0.677. The maximum absolute atomic E-state index is 13.8. The monoisotopic (exact) mass is 989 g/mol. The average Bonchev–Trinajstić information content (AvgIpc) is 3.91. The Labute approximate surface area is 401 Å². The highest BCUT2D eigenvalue weighted by Gasteiger charge is 2.37. The zero-order valence-electron chi connectivity index (χ0n) is 38.3. The number of nitrogens with one attached hydrogen (secondary N) is 4. The number of aryl methyl sites for hydroxylation is 2. The zero-order chi connectivity index (χ0) is 46.3. The number of imidazole rings is 1. The molecule has 2 amide bonds. The summed E-state index contributed by atoms with van der Waals surface area (Å²) in [5.41, 5.74) is 10.5. The molecule has 10 rings (SSSR count). The van der Waals surface area contributed by atoms with Gasteiger partial charge in [0.15, 0.2) is 0 Å². The molecule has 3 saturated heterocycles. The molecule has 0 radical (unpaired) electrons. The molecule has 3 fully saturated rings. The topological polar surface area (TPSA) is 180 Å². The predicted octanol–water partition coefficient (Wildman–Crippen LogP) is 6.80. The van der Waals surface area contributed by atoms with Crippen molar-refractivity contribution in [2.24, 2.45) is 0 Å². The van der Waals surface area contributed by atoms with Crippen molar-refractivity contribution >= 4 is 96.3 Å². The van der Waals surface area contributed by atoms with Crippen molar-refractivity contribution in [1.29, 1.82) is 0 Å². The number of rotatable bonds is 13. The van der Waals surface area contributed by atoms with Crippen LogP contribution in [0.5, 0.6) is 5.75 Å². The van der Waals surface area contributed by atoms with Gasteiger partial charge >= 0.3 is 5.69 Å². The Balaban J connectivity index is 0.773. The highest BCUT2D eigenvalue weighted by atomic mass is 79.9. The predicted molar refractivity (Wildman–Crippen MR) is 268 cm³/mol. The molecule has 67 heavy (non-hydrogen) atoms. The first-order valence-electron chi connectivity index (χ1n) is 23.3. The van der Waals surface area contributed by atoms with E-state index >= 15 is 0 Å². The first kappa shape index (κ1) is 45.0. The Morgan fingerprint density at radius 2 is 1.66 bits per heavy atom. The fourth-order valence-electron chi connectivity index (χ4n) is 10.8. The summed E-state index contributed by atoms with van der Waals surface area (Å²) in [6.07, 6.45) is 12.5. The summed E-state index contributed by atoms with van der Waals surface area (Å²) in [6.45, 7) is 10.7. The Hall–Kier alpha value is -5.76. The molecule has 350 valence electrons. The second-order valence-corrected chi connectivity index (χ2v) is 19.1. The second-order valence-electron chi connectivity index (χ2n) is 17.7. The third-order valence-corrected chi connectivity index (χ3v) is 15.1. The number of carbonyl (C=O) groups is 2. The van der Waals surface area contributed by atoms with E-state index in [1.54, 1.807) is 30.3 Å². The molecule has 6 heterocycles. The van der Waals surface area contributed by atoms with Gasteiger partial charge in [-0.15, -0.1) is 0 Å². The SMILES string of the molecule is CCc1cc(Nc2ncc(Br)c(Nc3ccc4nccnc4c3NSC)n2)c(OC)cc1N1CCC(N2CCN(C3Cc4ccc5c(c4C3)n(CC)c(=O)n5C3CCC(=O)NC3=O)CC2)CC1. The molecule has 4 aliphatic rings. The van der Waals surface area contributed by atoms with Crippen molar-refractivity contribution in [3.8, 4) is 5.75 Å². The van der Waals surface area contributed by atoms with E-state index in [1.807, 2.05) is 35.9 Å². The van der Waals surface area contributed by atoms with E-state index < -0.39 is 11.9 Å². The summed E-state index contributed by atoms with van der Waals surface area (Å²) in [7, 11) is 1.70. The quantitative estimate of drug-likeness (QED) is 0.0701. The number of anilines is 6. The van der Waals surface area contributed by atoms with Gasteiger partial charge in [-0.1, -0.05) is 24.9 Å². The summed E-state index contributed by atoms with van der Waals surface area (Å²) in [5, 5.41) is 9.35. The summed E-state index contributed by atoms with van der Waals surface area (Å²) >= 11 is 5.12. The summed E-state index contributed by atoms with van der Waals surface area (Å²) in [6, 6.07) is 12.6. The van der Waals surface area contributed by atoms with Gasteiger partial charge in [0.05, 0.1) is 45.2 Å². The van der Waals surface area contributed by atoms with Crippen molar-refractivity contribution in [1.82, 2.24) is 44.2 Å². The Morgan fingerprint density at radius 1 is 0.881 bits per heavy atom. The van der Waals surface area contributed by atoms with Gasteiger partial charge < -0.3 is 25.0 Å². The molecule has 0 spiro atoms. The van der Waals surface area contributed by atoms with E-state index in [2.05, 4.69) is 91.4 Å². The van der Waals surface area contributed by atoms with Gasteiger partial charge in [-0.2, -0.15) is 4.98 Å². The van der Waals surface area contributed by atoms with E-state index in [-0.39, 0.29) is 18.0 Å². The molecule has 6 aromatic rings. The first-order valence-corrected chi connectivity index (χ1v) is 25.3. The minimum Gasteiger partial charge on any atom is -0.494 e. The van der Waals surface area contributed by atoms with Crippen LogP contribution in [0.4, 0.5) is 34.5 Å². The van der Waals surface area contributed by atoms with E-state index in [4.69, 9.17) is 9.72 Å². The molecule has 3 aromatic heterocycles. The minimum absolute atomic E-state index is 0.175. The maximum Gasteiger partial charge on any atom is 0.329 e. The smallest absolute Gasteiger partial charge is 0.329 e. The van der Waals surface area contributed by atoms with Crippen molar-refractivity contribution in [2.45, 2.75) is 83.5 Å². The number of fused-ring (bicyclic) bond motifs is 4. The van der Waals surface area contributed by atoms with Gasteiger partial charge in [-0.25, -0.2) is 9.78 Å². The number of halogens is 1. The third kappa shape index (κ3) is 8.59. The van der Waals surface area contributed by atoms with Crippen LogP contribution < -0.4 is 36.0 Å². The Bertz CT molecular complexity index is 2930. The van der Waals surface area contributed by atoms with E-state index in [0.717, 1.165) is 116 Å². The van der Waals surface area contributed by atoms with E-state index in [0.29, 0.717) is 41.3 Å². The molecule has 0 bridgehead atoms. The number of hydrogen-bond acceptors (Lipinski definition) is 15. The number of hydrogen-bond donors (Lipinski definition) is 4. The van der Waals surface area contributed by atoms with Crippen LogP contribution in [-0.4, -0.2) is 115 Å². The number of aromatic nitrogens is 6. The number of piperazine rings is 1. The van der Waals surface area contributed by atoms with Gasteiger partial charge in [0.2, 0.25) is 17.8 Å². The summed E-state index contributed by atoms with van der Waals surface area (Å²) in [4.78, 5) is 64.9. The standard InChI is InChI=1S/C48H56BrN13O4S/c1-5-28-24-36(54-47-52-27-33(49)45(56-47)53-35-9-8-34-42(43(35)57-67-4)51-16-15-50-34)40(66-3)26-39(28)60-17-13-30(14-18-60)58-19-21-59(22-20-58)31-23-29-7-10-37-44(32(29)25-31)61(6-2)48(65)62(37)38-11-12-41(63)55-46(38)64/h7-10,15-16,24,26-27,30-31,38,57H,5-6,11-14,17-23,25H2,1-4H3,(H,55,63,64)(H2,52,53,54,56). The first-order chi connectivity index (χ1) is 32.7. The largest absolute Gasteiger partial charge is 0.494 e. The number of imide groups is 1. The number of amides is 2. The van der Waals surface area contributed by atoms with Crippen molar-refractivity contribution in [2.75, 3.05) is 72.9 Å². The lowest BCUT2D eigenvalue weighted by atomic mass is 9.99. The molecule has 17 nitrogen and oxygen atoms in total. The fourth-order valence-corrected chi connectivity index (χ4v) is 11.5. The lowest BCUT2D eigenvalue weighted by molar-refractivity contribution is -0.135.